The van der Waals surface area contributed by atoms with Gasteiger partial charge in [0.05, 0.1) is 0 Å². The van der Waals surface area contributed by atoms with Gasteiger partial charge in [0.1, 0.15) is 0 Å². The maximum absolute atomic E-state index is 11.0. The zero-order valence-corrected chi connectivity index (χ0v) is 7.36. The molecule has 0 atom stereocenters. The van der Waals surface area contributed by atoms with Crippen LogP contribution in [-0.4, -0.2) is 25.5 Å². The fourth-order valence-electron chi connectivity index (χ4n) is 2.23. The van der Waals surface area contributed by atoms with Gasteiger partial charge in [-0.2, -0.15) is 0 Å². The highest BCUT2D eigenvalue weighted by atomic mass is 16.1. The summed E-state index contributed by atoms with van der Waals surface area (Å²) in [5.41, 5.74) is 0.444. The van der Waals surface area contributed by atoms with Crippen molar-refractivity contribution in [3.63, 3.8) is 0 Å². The molecule has 0 aromatic rings. The van der Waals surface area contributed by atoms with Gasteiger partial charge in [-0.15, -0.1) is 0 Å². The third kappa shape index (κ3) is 1.46. The van der Waals surface area contributed by atoms with E-state index in [1.54, 1.807) is 0 Å². The molecule has 2 aliphatic heterocycles. The smallest absolute Gasteiger partial charge is 0.220 e. The van der Waals surface area contributed by atoms with Crippen LogP contribution in [0.2, 0.25) is 0 Å². The number of amides is 1. The Balaban J connectivity index is 1.96. The molecule has 2 rings (SSSR count). The summed E-state index contributed by atoms with van der Waals surface area (Å²) in [5, 5.41) is 6.33. The molecule has 12 heavy (non-hydrogen) atoms. The SMILES string of the molecule is O=C1CCC2(CCNCC2)CN1. The molecule has 68 valence electrons. The molecule has 0 unspecified atom stereocenters. The highest BCUT2D eigenvalue weighted by Gasteiger charge is 2.35. The average molecular weight is 168 g/mol. The van der Waals surface area contributed by atoms with Crippen molar-refractivity contribution in [2.24, 2.45) is 5.41 Å². The first-order valence-corrected chi connectivity index (χ1v) is 4.78. The van der Waals surface area contributed by atoms with Crippen LogP contribution >= 0.6 is 0 Å². The van der Waals surface area contributed by atoms with E-state index in [4.69, 9.17) is 0 Å². The van der Waals surface area contributed by atoms with Gasteiger partial charge in [-0.25, -0.2) is 0 Å². The fraction of sp³-hybridized carbons (Fsp3) is 0.889. The predicted octanol–water partition coefficient (Wildman–Crippen LogP) is 0.266. The van der Waals surface area contributed by atoms with Crippen molar-refractivity contribution in [1.29, 1.82) is 0 Å². The van der Waals surface area contributed by atoms with Crippen LogP contribution in [0.4, 0.5) is 0 Å². The van der Waals surface area contributed by atoms with Crippen molar-refractivity contribution in [1.82, 2.24) is 10.6 Å². The monoisotopic (exact) mass is 168 g/mol. The first-order valence-electron chi connectivity index (χ1n) is 4.78. The molecule has 3 heteroatoms. The minimum absolute atomic E-state index is 0.235. The lowest BCUT2D eigenvalue weighted by atomic mass is 9.73. The molecule has 2 N–H and O–H groups in total. The summed E-state index contributed by atoms with van der Waals surface area (Å²) in [6, 6.07) is 0. The van der Waals surface area contributed by atoms with Crippen LogP contribution in [0.1, 0.15) is 25.7 Å². The molecule has 0 radical (unpaired) electrons. The summed E-state index contributed by atoms with van der Waals surface area (Å²) in [4.78, 5) is 11.0. The zero-order chi connectivity index (χ0) is 8.44. The van der Waals surface area contributed by atoms with Crippen molar-refractivity contribution >= 4 is 5.91 Å². The largest absolute Gasteiger partial charge is 0.356 e. The van der Waals surface area contributed by atoms with E-state index in [0.717, 1.165) is 32.5 Å². The Morgan fingerprint density at radius 3 is 2.50 bits per heavy atom. The molecule has 2 saturated heterocycles. The Labute approximate surface area is 72.9 Å². The van der Waals surface area contributed by atoms with Crippen LogP contribution in [0.3, 0.4) is 0 Å². The second kappa shape index (κ2) is 3.05. The van der Waals surface area contributed by atoms with E-state index in [9.17, 15) is 4.79 Å². The molecule has 1 amide bonds. The van der Waals surface area contributed by atoms with Gasteiger partial charge in [0, 0.05) is 13.0 Å². The summed E-state index contributed by atoms with van der Waals surface area (Å²) in [7, 11) is 0. The first-order chi connectivity index (χ1) is 5.81. The van der Waals surface area contributed by atoms with Gasteiger partial charge in [-0.1, -0.05) is 0 Å². The van der Waals surface area contributed by atoms with Crippen molar-refractivity contribution in [3.05, 3.63) is 0 Å². The standard InChI is InChI=1S/C9H16N2O/c12-8-1-2-9(7-11-8)3-5-10-6-4-9/h10H,1-7H2,(H,11,12). The second-order valence-corrected chi connectivity index (χ2v) is 4.03. The normalized spacial score (nSPS) is 28.5. The summed E-state index contributed by atoms with van der Waals surface area (Å²) >= 11 is 0. The molecule has 0 aromatic carbocycles. The molecule has 0 saturated carbocycles. The Morgan fingerprint density at radius 2 is 1.92 bits per heavy atom. The minimum Gasteiger partial charge on any atom is -0.356 e. The first kappa shape index (κ1) is 8.05. The lowest BCUT2D eigenvalue weighted by Crippen LogP contribution is -2.48. The molecular formula is C9H16N2O. The Morgan fingerprint density at radius 1 is 1.17 bits per heavy atom. The third-order valence-electron chi connectivity index (χ3n) is 3.21. The highest BCUT2D eigenvalue weighted by Crippen LogP contribution is 2.35. The molecule has 3 nitrogen and oxygen atoms in total. The van der Waals surface area contributed by atoms with Crippen LogP contribution in [-0.2, 0) is 4.79 Å². The van der Waals surface area contributed by atoms with E-state index in [1.807, 2.05) is 0 Å². The lowest BCUT2D eigenvalue weighted by Gasteiger charge is -2.40. The highest BCUT2D eigenvalue weighted by molar-refractivity contribution is 5.76. The number of carbonyl (C=O) groups is 1. The van der Waals surface area contributed by atoms with E-state index < -0.39 is 0 Å². The maximum Gasteiger partial charge on any atom is 0.220 e. The predicted molar refractivity (Wildman–Crippen MR) is 46.8 cm³/mol. The Bertz CT molecular complexity index is 173. The minimum atomic E-state index is 0.235. The topological polar surface area (TPSA) is 41.1 Å². The van der Waals surface area contributed by atoms with Crippen LogP contribution in [0.15, 0.2) is 0 Å². The zero-order valence-electron chi connectivity index (χ0n) is 7.36. The molecule has 0 aromatic heterocycles. The number of piperidine rings is 2. The number of rotatable bonds is 0. The molecule has 2 heterocycles. The van der Waals surface area contributed by atoms with Crippen LogP contribution in [0, 0.1) is 5.41 Å². The van der Waals surface area contributed by atoms with Crippen molar-refractivity contribution in [2.45, 2.75) is 25.7 Å². The van der Waals surface area contributed by atoms with Crippen LogP contribution in [0.5, 0.6) is 0 Å². The number of hydrogen-bond donors (Lipinski definition) is 2. The third-order valence-corrected chi connectivity index (χ3v) is 3.21. The van der Waals surface area contributed by atoms with Gasteiger partial charge in [-0.05, 0) is 37.8 Å². The van der Waals surface area contributed by atoms with Gasteiger partial charge >= 0.3 is 0 Å². The number of hydrogen-bond acceptors (Lipinski definition) is 2. The van der Waals surface area contributed by atoms with E-state index in [1.165, 1.54) is 12.8 Å². The van der Waals surface area contributed by atoms with E-state index >= 15 is 0 Å². The van der Waals surface area contributed by atoms with Gasteiger partial charge in [-0.3, -0.25) is 4.79 Å². The van der Waals surface area contributed by atoms with Gasteiger partial charge in [0.15, 0.2) is 0 Å². The van der Waals surface area contributed by atoms with Crippen molar-refractivity contribution in [2.75, 3.05) is 19.6 Å². The van der Waals surface area contributed by atoms with Gasteiger partial charge in [0.25, 0.3) is 0 Å². The summed E-state index contributed by atoms with van der Waals surface area (Å²) < 4.78 is 0. The summed E-state index contributed by atoms with van der Waals surface area (Å²) in [6.07, 6.45) is 4.29. The number of carbonyl (C=O) groups excluding carboxylic acids is 1. The van der Waals surface area contributed by atoms with Crippen molar-refractivity contribution in [3.8, 4) is 0 Å². The molecule has 0 aliphatic carbocycles. The summed E-state index contributed by atoms with van der Waals surface area (Å²) in [6.45, 7) is 3.15. The quantitative estimate of drug-likeness (QED) is 0.545. The van der Waals surface area contributed by atoms with Crippen molar-refractivity contribution < 1.29 is 4.79 Å². The average Bonchev–Trinajstić information content (AvgIpc) is 2.13. The molecule has 2 fully saturated rings. The number of nitrogens with one attached hydrogen (secondary N) is 2. The van der Waals surface area contributed by atoms with E-state index in [0.29, 0.717) is 5.41 Å². The summed E-state index contributed by atoms with van der Waals surface area (Å²) in [5.74, 6) is 0.235. The fourth-order valence-corrected chi connectivity index (χ4v) is 2.23. The molecular weight excluding hydrogens is 152 g/mol. The molecule has 1 spiro atoms. The lowest BCUT2D eigenvalue weighted by molar-refractivity contribution is -0.124. The van der Waals surface area contributed by atoms with Gasteiger partial charge in [0.2, 0.25) is 5.91 Å². The van der Waals surface area contributed by atoms with E-state index in [-0.39, 0.29) is 5.91 Å². The van der Waals surface area contributed by atoms with Crippen LogP contribution < -0.4 is 10.6 Å². The molecule has 0 bridgehead atoms. The second-order valence-electron chi connectivity index (χ2n) is 4.03. The maximum atomic E-state index is 11.0. The van der Waals surface area contributed by atoms with E-state index in [2.05, 4.69) is 10.6 Å². The molecule has 2 aliphatic rings. The van der Waals surface area contributed by atoms with Gasteiger partial charge < -0.3 is 10.6 Å². The Hall–Kier alpha value is -0.570. The van der Waals surface area contributed by atoms with Crippen LogP contribution in [0.25, 0.3) is 0 Å². The Kier molecular flexibility index (Phi) is 2.05.